The molecule has 5 heteroatoms. The minimum absolute atomic E-state index is 0.734. The van der Waals surface area contributed by atoms with Gasteiger partial charge in [-0.25, -0.2) is 4.99 Å². The number of amidine groups is 1. The van der Waals surface area contributed by atoms with Crippen molar-refractivity contribution >= 4 is 39.9 Å². The van der Waals surface area contributed by atoms with Gasteiger partial charge in [-0.15, -0.1) is 0 Å². The van der Waals surface area contributed by atoms with Crippen molar-refractivity contribution in [2.45, 2.75) is 6.92 Å². The highest BCUT2D eigenvalue weighted by atomic mass is 35.5. The summed E-state index contributed by atoms with van der Waals surface area (Å²) in [6.07, 6.45) is 0. The van der Waals surface area contributed by atoms with E-state index in [1.165, 1.54) is 5.56 Å². The first-order valence-electron chi connectivity index (χ1n) is 6.57. The van der Waals surface area contributed by atoms with Crippen molar-refractivity contribution in [3.8, 4) is 0 Å². The van der Waals surface area contributed by atoms with Gasteiger partial charge in [0.1, 0.15) is 0 Å². The minimum Gasteiger partial charge on any atom is -0.255 e. The summed E-state index contributed by atoms with van der Waals surface area (Å²) in [6, 6.07) is 15.8. The van der Waals surface area contributed by atoms with Gasteiger partial charge in [0, 0.05) is 10.8 Å². The fraction of sp³-hybridized carbons (Fsp3) is 0.125. The molecule has 0 aliphatic carbocycles. The molecule has 0 spiro atoms. The zero-order valence-corrected chi connectivity index (χ0v) is 13.1. The summed E-state index contributed by atoms with van der Waals surface area (Å²) in [4.78, 5) is 4.56. The van der Waals surface area contributed by atoms with Gasteiger partial charge in [0.05, 0.1) is 11.4 Å². The lowest BCUT2D eigenvalue weighted by atomic mass is 10.1. The highest BCUT2D eigenvalue weighted by molar-refractivity contribution is 8.14. The molecule has 3 rings (SSSR count). The number of hydrazone groups is 1. The molecule has 1 aliphatic rings. The van der Waals surface area contributed by atoms with Crippen molar-refractivity contribution in [3.63, 3.8) is 0 Å². The molecule has 0 atom stereocenters. The molecule has 0 bridgehead atoms. The monoisotopic (exact) mass is 315 g/mol. The standard InChI is InChI=1S/C16H14ClN3S/c1-11-3-2-4-14(9-11)18-16-20-19-15(10-21-16)12-5-7-13(17)8-6-12/h2-9H,10H2,1H3,(H,18,20). The van der Waals surface area contributed by atoms with Crippen LogP contribution >= 0.6 is 23.4 Å². The average molecular weight is 316 g/mol. The van der Waals surface area contributed by atoms with Crippen LogP contribution in [0.4, 0.5) is 5.69 Å². The highest BCUT2D eigenvalue weighted by Gasteiger charge is 2.12. The van der Waals surface area contributed by atoms with Gasteiger partial charge >= 0.3 is 0 Å². The molecule has 106 valence electrons. The third kappa shape index (κ3) is 3.65. The lowest BCUT2D eigenvalue weighted by molar-refractivity contribution is 1.03. The van der Waals surface area contributed by atoms with Crippen LogP contribution in [0, 0.1) is 6.92 Å². The molecule has 1 N–H and O–H groups in total. The van der Waals surface area contributed by atoms with E-state index < -0.39 is 0 Å². The number of halogens is 1. The van der Waals surface area contributed by atoms with Crippen LogP contribution in [-0.4, -0.2) is 16.6 Å². The Balaban J connectivity index is 1.75. The molecule has 0 unspecified atom stereocenters. The number of aryl methyl sites for hydroxylation is 1. The van der Waals surface area contributed by atoms with Crippen molar-refractivity contribution in [2.75, 3.05) is 5.75 Å². The van der Waals surface area contributed by atoms with Crippen LogP contribution in [0.25, 0.3) is 0 Å². The summed E-state index contributed by atoms with van der Waals surface area (Å²) < 4.78 is 0. The number of thioether (sulfide) groups is 1. The molecule has 0 amide bonds. The van der Waals surface area contributed by atoms with Crippen LogP contribution in [0.15, 0.2) is 58.6 Å². The second kappa shape index (κ2) is 6.33. The first-order chi connectivity index (χ1) is 10.2. The molecule has 2 aromatic carbocycles. The van der Waals surface area contributed by atoms with E-state index in [-0.39, 0.29) is 0 Å². The normalized spacial score (nSPS) is 16.5. The largest absolute Gasteiger partial charge is 0.255 e. The number of hydrogen-bond acceptors (Lipinski definition) is 3. The third-order valence-corrected chi connectivity index (χ3v) is 4.17. The zero-order chi connectivity index (χ0) is 14.7. The molecule has 0 fully saturated rings. The molecule has 0 saturated heterocycles. The van der Waals surface area contributed by atoms with E-state index in [1.54, 1.807) is 11.8 Å². The van der Waals surface area contributed by atoms with Crippen molar-refractivity contribution in [1.82, 2.24) is 5.43 Å². The molecule has 3 nitrogen and oxygen atoms in total. The highest BCUT2D eigenvalue weighted by Crippen LogP contribution is 2.20. The number of nitrogens with one attached hydrogen (secondary N) is 1. The van der Waals surface area contributed by atoms with Crippen LogP contribution in [0.3, 0.4) is 0 Å². The second-order valence-corrected chi connectivity index (χ2v) is 6.12. The lowest BCUT2D eigenvalue weighted by Gasteiger charge is -2.14. The summed E-state index contributed by atoms with van der Waals surface area (Å²) in [5.41, 5.74) is 7.23. The van der Waals surface area contributed by atoms with Gasteiger partial charge in [0.15, 0.2) is 5.17 Å². The van der Waals surface area contributed by atoms with Gasteiger partial charge in [0.2, 0.25) is 0 Å². The number of rotatable bonds is 2. The molecular formula is C16H14ClN3S. The Bertz CT molecular complexity index is 708. The predicted octanol–water partition coefficient (Wildman–Crippen LogP) is 4.38. The van der Waals surface area contributed by atoms with Gasteiger partial charge in [-0.05, 0) is 42.3 Å². The summed E-state index contributed by atoms with van der Waals surface area (Å²) in [5, 5.41) is 5.95. The number of hydrogen-bond donors (Lipinski definition) is 1. The van der Waals surface area contributed by atoms with Crippen molar-refractivity contribution in [3.05, 3.63) is 64.7 Å². The lowest BCUT2D eigenvalue weighted by Crippen LogP contribution is -2.25. The van der Waals surface area contributed by atoms with Gasteiger partial charge in [-0.2, -0.15) is 5.10 Å². The van der Waals surface area contributed by atoms with E-state index in [9.17, 15) is 0 Å². The number of nitrogens with zero attached hydrogens (tertiary/aromatic N) is 2. The number of aliphatic imine (C=N–C) groups is 1. The Morgan fingerprint density at radius 1 is 1.19 bits per heavy atom. The quantitative estimate of drug-likeness (QED) is 0.893. The van der Waals surface area contributed by atoms with Crippen LogP contribution in [0.1, 0.15) is 11.1 Å². The van der Waals surface area contributed by atoms with E-state index in [4.69, 9.17) is 11.6 Å². The molecule has 1 heterocycles. The van der Waals surface area contributed by atoms with Crippen LogP contribution in [0.5, 0.6) is 0 Å². The summed E-state index contributed by atoms with van der Waals surface area (Å²) in [6.45, 7) is 2.06. The Hall–Kier alpha value is -1.78. The van der Waals surface area contributed by atoms with Crippen LogP contribution in [0.2, 0.25) is 5.02 Å². The van der Waals surface area contributed by atoms with Crippen molar-refractivity contribution in [1.29, 1.82) is 0 Å². The third-order valence-electron chi connectivity index (χ3n) is 3.04. The Kier molecular flexibility index (Phi) is 4.27. The minimum atomic E-state index is 0.734. The fourth-order valence-electron chi connectivity index (χ4n) is 1.98. The SMILES string of the molecule is Cc1cccc(N=C2NN=C(c3ccc(Cl)cc3)CS2)c1. The fourth-order valence-corrected chi connectivity index (χ4v) is 2.89. The van der Waals surface area contributed by atoms with E-state index in [0.717, 1.165) is 32.9 Å². The summed E-state index contributed by atoms with van der Waals surface area (Å²) >= 11 is 7.54. The molecule has 0 saturated carbocycles. The Labute approximate surface area is 133 Å². The topological polar surface area (TPSA) is 36.8 Å². The van der Waals surface area contributed by atoms with Crippen LogP contribution < -0.4 is 5.43 Å². The maximum absolute atomic E-state index is 5.90. The molecule has 2 aromatic rings. The molecule has 0 radical (unpaired) electrons. The van der Waals surface area contributed by atoms with Gasteiger partial charge < -0.3 is 0 Å². The average Bonchev–Trinajstić information content (AvgIpc) is 2.49. The smallest absolute Gasteiger partial charge is 0.182 e. The zero-order valence-electron chi connectivity index (χ0n) is 11.5. The molecular weight excluding hydrogens is 302 g/mol. The van der Waals surface area contributed by atoms with E-state index in [1.807, 2.05) is 42.5 Å². The second-order valence-electron chi connectivity index (χ2n) is 4.72. The van der Waals surface area contributed by atoms with Gasteiger partial charge in [0.25, 0.3) is 0 Å². The predicted molar refractivity (Wildman–Crippen MR) is 91.9 cm³/mol. The molecule has 0 aromatic heterocycles. The van der Waals surface area contributed by atoms with Crippen LogP contribution in [-0.2, 0) is 0 Å². The molecule has 1 aliphatic heterocycles. The Morgan fingerprint density at radius 3 is 2.67 bits per heavy atom. The maximum Gasteiger partial charge on any atom is 0.182 e. The van der Waals surface area contributed by atoms with Crippen molar-refractivity contribution in [2.24, 2.45) is 10.1 Å². The van der Waals surface area contributed by atoms with E-state index in [0.29, 0.717) is 0 Å². The van der Waals surface area contributed by atoms with Gasteiger partial charge in [-0.3, -0.25) is 5.43 Å². The first kappa shape index (κ1) is 14.2. The maximum atomic E-state index is 5.90. The first-order valence-corrected chi connectivity index (χ1v) is 7.94. The Morgan fingerprint density at radius 2 is 2.00 bits per heavy atom. The summed E-state index contributed by atoms with van der Waals surface area (Å²) in [7, 11) is 0. The van der Waals surface area contributed by atoms with E-state index in [2.05, 4.69) is 28.5 Å². The van der Waals surface area contributed by atoms with E-state index >= 15 is 0 Å². The van der Waals surface area contributed by atoms with Gasteiger partial charge in [-0.1, -0.05) is 47.6 Å². The molecule has 21 heavy (non-hydrogen) atoms. The summed E-state index contributed by atoms with van der Waals surface area (Å²) in [5.74, 6) is 0.791. The van der Waals surface area contributed by atoms with Crippen molar-refractivity contribution < 1.29 is 0 Å². The number of benzene rings is 2.